The predicted molar refractivity (Wildman–Crippen MR) is 80.5 cm³/mol. The summed E-state index contributed by atoms with van der Waals surface area (Å²) in [6.07, 6.45) is 3.74. The van der Waals surface area contributed by atoms with Gasteiger partial charge in [-0.1, -0.05) is 18.5 Å². The highest BCUT2D eigenvalue weighted by molar-refractivity contribution is 7.98. The quantitative estimate of drug-likeness (QED) is 0.458. The Hall–Kier alpha value is -1.34. The molecule has 1 amide bonds. The number of halogens is 1. The van der Waals surface area contributed by atoms with Crippen molar-refractivity contribution >= 4 is 35.0 Å². The smallest absolute Gasteiger partial charge is 0.300 e. The predicted octanol–water partition coefficient (Wildman–Crippen LogP) is 2.86. The fourth-order valence-electron chi connectivity index (χ4n) is 1.79. The van der Waals surface area contributed by atoms with Crippen LogP contribution in [0.15, 0.2) is 12.3 Å². The number of thioether (sulfide) groups is 1. The zero-order chi connectivity index (χ0) is 15.3. The van der Waals surface area contributed by atoms with Crippen LogP contribution in [0, 0.1) is 10.1 Å². The van der Waals surface area contributed by atoms with E-state index in [4.69, 9.17) is 11.6 Å². The minimum absolute atomic E-state index is 0.0176. The minimum atomic E-state index is -0.625. The fourth-order valence-corrected chi connectivity index (χ4v) is 2.79. The van der Waals surface area contributed by atoms with E-state index in [9.17, 15) is 14.9 Å². The van der Waals surface area contributed by atoms with Crippen molar-refractivity contribution in [2.24, 2.45) is 0 Å². The molecule has 0 saturated heterocycles. The third-order valence-electron chi connectivity index (χ3n) is 2.98. The number of carbonyl (C=O) groups is 1. The van der Waals surface area contributed by atoms with Gasteiger partial charge in [0.2, 0.25) is 0 Å². The molecule has 0 spiro atoms. The van der Waals surface area contributed by atoms with E-state index < -0.39 is 10.8 Å². The van der Waals surface area contributed by atoms with E-state index in [0.29, 0.717) is 0 Å². The number of carbonyl (C=O) groups excluding carboxylic acids is 1. The fraction of sp³-hybridized carbons (Fsp3) is 0.500. The van der Waals surface area contributed by atoms with Crippen LogP contribution in [0.4, 0.5) is 5.69 Å². The lowest BCUT2D eigenvalue weighted by molar-refractivity contribution is -0.385. The molecule has 0 aromatic carbocycles. The molecule has 1 heterocycles. The first-order chi connectivity index (χ1) is 9.42. The Morgan fingerprint density at radius 3 is 2.80 bits per heavy atom. The van der Waals surface area contributed by atoms with Gasteiger partial charge in [0.05, 0.1) is 4.92 Å². The Morgan fingerprint density at radius 1 is 1.65 bits per heavy atom. The molecular weight excluding hydrogens is 302 g/mol. The van der Waals surface area contributed by atoms with Crippen LogP contribution in [0.25, 0.3) is 0 Å². The molecule has 0 radical (unpaired) electrons. The van der Waals surface area contributed by atoms with E-state index in [1.165, 1.54) is 11.0 Å². The van der Waals surface area contributed by atoms with Gasteiger partial charge in [-0.25, -0.2) is 4.98 Å². The van der Waals surface area contributed by atoms with E-state index in [1.54, 1.807) is 18.8 Å². The van der Waals surface area contributed by atoms with Gasteiger partial charge in [0.25, 0.3) is 11.6 Å². The highest BCUT2D eigenvalue weighted by Gasteiger charge is 2.27. The Balaban J connectivity index is 3.13. The molecule has 1 atom stereocenters. The first-order valence-electron chi connectivity index (χ1n) is 5.98. The molecule has 0 fully saturated rings. The van der Waals surface area contributed by atoms with Crippen LogP contribution in [-0.4, -0.2) is 45.8 Å². The Labute approximate surface area is 126 Å². The minimum Gasteiger partial charge on any atom is -0.338 e. The Kier molecular flexibility index (Phi) is 6.22. The summed E-state index contributed by atoms with van der Waals surface area (Å²) in [7, 11) is 1.64. The van der Waals surface area contributed by atoms with Crippen molar-refractivity contribution in [2.45, 2.75) is 19.4 Å². The summed E-state index contributed by atoms with van der Waals surface area (Å²) in [5.74, 6) is 0.354. The van der Waals surface area contributed by atoms with Gasteiger partial charge in [0.15, 0.2) is 0 Å². The average Bonchev–Trinajstić information content (AvgIpc) is 2.42. The number of hydrogen-bond acceptors (Lipinski definition) is 5. The van der Waals surface area contributed by atoms with Crippen molar-refractivity contribution in [1.29, 1.82) is 0 Å². The number of nitro groups is 1. The number of hydrogen-bond donors (Lipinski definition) is 0. The van der Waals surface area contributed by atoms with Crippen LogP contribution in [0.2, 0.25) is 5.15 Å². The van der Waals surface area contributed by atoms with Gasteiger partial charge >= 0.3 is 0 Å². The van der Waals surface area contributed by atoms with Gasteiger partial charge in [-0.05, 0) is 18.7 Å². The van der Waals surface area contributed by atoms with Gasteiger partial charge in [-0.3, -0.25) is 14.9 Å². The van der Waals surface area contributed by atoms with Crippen molar-refractivity contribution in [3.8, 4) is 0 Å². The van der Waals surface area contributed by atoms with Gasteiger partial charge in [0, 0.05) is 18.8 Å². The van der Waals surface area contributed by atoms with E-state index in [1.807, 2.05) is 13.2 Å². The molecule has 1 rings (SSSR count). The monoisotopic (exact) mass is 317 g/mol. The molecule has 110 valence electrons. The van der Waals surface area contributed by atoms with Crippen molar-refractivity contribution < 1.29 is 9.72 Å². The first-order valence-corrected chi connectivity index (χ1v) is 7.75. The molecule has 0 saturated carbocycles. The summed E-state index contributed by atoms with van der Waals surface area (Å²) in [6.45, 7) is 1.97. The number of aromatic nitrogens is 1. The van der Waals surface area contributed by atoms with Crippen molar-refractivity contribution in [2.75, 3.05) is 19.1 Å². The molecule has 0 N–H and O–H groups in total. The summed E-state index contributed by atoms with van der Waals surface area (Å²) >= 11 is 7.36. The number of pyridine rings is 1. The topological polar surface area (TPSA) is 76.3 Å². The van der Waals surface area contributed by atoms with Crippen molar-refractivity contribution in [3.63, 3.8) is 0 Å². The van der Waals surface area contributed by atoms with Crippen molar-refractivity contribution in [3.05, 3.63) is 33.1 Å². The molecular formula is C12H16ClN3O3S. The van der Waals surface area contributed by atoms with Crippen LogP contribution in [-0.2, 0) is 0 Å². The highest BCUT2D eigenvalue weighted by Crippen LogP contribution is 2.23. The highest BCUT2D eigenvalue weighted by atomic mass is 35.5. The summed E-state index contributed by atoms with van der Waals surface area (Å²) in [5.41, 5.74) is -0.359. The molecule has 0 aliphatic heterocycles. The second-order valence-electron chi connectivity index (χ2n) is 4.21. The molecule has 1 aromatic rings. The molecule has 20 heavy (non-hydrogen) atoms. The van der Waals surface area contributed by atoms with Gasteiger partial charge < -0.3 is 4.90 Å². The maximum Gasteiger partial charge on any atom is 0.300 e. The number of rotatable bonds is 6. The standard InChI is InChI=1S/C12H16ClN3O3S/c1-4-8(7-20-3)15(2)12(17)9-5-11(13)14-6-10(9)16(18)19/h5-6,8H,4,7H2,1-3H3. The Bertz CT molecular complexity index is 513. The Morgan fingerprint density at radius 2 is 2.30 bits per heavy atom. The van der Waals surface area contributed by atoms with Crippen LogP contribution in [0.1, 0.15) is 23.7 Å². The summed E-state index contributed by atoms with van der Waals surface area (Å²) in [6, 6.07) is 1.26. The number of amides is 1. The normalized spacial score (nSPS) is 12.0. The van der Waals surface area contributed by atoms with E-state index in [2.05, 4.69) is 4.98 Å². The molecule has 0 aliphatic rings. The summed E-state index contributed by atoms with van der Waals surface area (Å²) < 4.78 is 0. The lowest BCUT2D eigenvalue weighted by Crippen LogP contribution is -2.38. The third kappa shape index (κ3) is 3.83. The SMILES string of the molecule is CCC(CSC)N(C)C(=O)c1cc(Cl)ncc1[N+](=O)[O-]. The lowest BCUT2D eigenvalue weighted by atomic mass is 10.1. The van der Waals surface area contributed by atoms with E-state index in [0.717, 1.165) is 18.4 Å². The molecule has 0 bridgehead atoms. The molecule has 0 aliphatic carbocycles. The van der Waals surface area contributed by atoms with Crippen molar-refractivity contribution in [1.82, 2.24) is 9.88 Å². The summed E-state index contributed by atoms with van der Waals surface area (Å²) in [4.78, 5) is 27.9. The average molecular weight is 318 g/mol. The lowest BCUT2D eigenvalue weighted by Gasteiger charge is -2.26. The molecule has 6 nitrogen and oxygen atoms in total. The third-order valence-corrected chi connectivity index (χ3v) is 3.90. The van der Waals surface area contributed by atoms with E-state index in [-0.39, 0.29) is 22.4 Å². The van der Waals surface area contributed by atoms with Crippen LogP contribution in [0.3, 0.4) is 0 Å². The second-order valence-corrected chi connectivity index (χ2v) is 5.51. The first kappa shape index (κ1) is 16.7. The molecule has 8 heteroatoms. The van der Waals surface area contributed by atoms with Crippen LogP contribution >= 0.6 is 23.4 Å². The van der Waals surface area contributed by atoms with Crippen LogP contribution in [0.5, 0.6) is 0 Å². The maximum atomic E-state index is 12.4. The van der Waals surface area contributed by atoms with Gasteiger partial charge in [-0.15, -0.1) is 0 Å². The van der Waals surface area contributed by atoms with Crippen LogP contribution < -0.4 is 0 Å². The van der Waals surface area contributed by atoms with Gasteiger partial charge in [0.1, 0.15) is 16.9 Å². The van der Waals surface area contributed by atoms with E-state index >= 15 is 0 Å². The molecule has 1 unspecified atom stereocenters. The summed E-state index contributed by atoms with van der Waals surface area (Å²) in [5, 5.41) is 11.0. The largest absolute Gasteiger partial charge is 0.338 e. The van der Waals surface area contributed by atoms with Gasteiger partial charge in [-0.2, -0.15) is 11.8 Å². The molecule has 1 aromatic heterocycles. The zero-order valence-electron chi connectivity index (χ0n) is 11.5. The second kappa shape index (κ2) is 7.44. The zero-order valence-corrected chi connectivity index (χ0v) is 13.1. The maximum absolute atomic E-state index is 12.4. The number of nitrogens with zero attached hydrogens (tertiary/aromatic N) is 3.